The number of carbonyl (C=O) groups is 2. The maximum Gasteiger partial charge on any atom is 0.242 e. The molecule has 0 aliphatic carbocycles. The molecular formula is C13H16N4O2S. The second kappa shape index (κ2) is 5.24. The highest BCUT2D eigenvalue weighted by atomic mass is 32.1. The molecule has 3 rings (SSSR count). The van der Waals surface area contributed by atoms with Gasteiger partial charge in [-0.2, -0.15) is 0 Å². The van der Waals surface area contributed by atoms with E-state index in [1.165, 1.54) is 11.3 Å². The van der Waals surface area contributed by atoms with E-state index in [4.69, 9.17) is 0 Å². The Morgan fingerprint density at radius 3 is 3.15 bits per heavy atom. The van der Waals surface area contributed by atoms with E-state index in [2.05, 4.69) is 10.3 Å². The summed E-state index contributed by atoms with van der Waals surface area (Å²) < 4.78 is 1.91. The Kier molecular flexibility index (Phi) is 3.43. The first-order chi connectivity index (χ1) is 9.69. The van der Waals surface area contributed by atoms with E-state index < -0.39 is 0 Å². The van der Waals surface area contributed by atoms with E-state index in [9.17, 15) is 9.59 Å². The van der Waals surface area contributed by atoms with Crippen molar-refractivity contribution < 1.29 is 9.59 Å². The van der Waals surface area contributed by atoms with Crippen molar-refractivity contribution in [2.24, 2.45) is 0 Å². The summed E-state index contributed by atoms with van der Waals surface area (Å²) in [6.45, 7) is 3.09. The van der Waals surface area contributed by atoms with Crippen LogP contribution in [0.5, 0.6) is 0 Å². The quantitative estimate of drug-likeness (QED) is 0.901. The van der Waals surface area contributed by atoms with Gasteiger partial charge >= 0.3 is 0 Å². The number of likely N-dealkylation sites (N-methyl/N-ethyl adjacent to an activating group) is 1. The molecule has 0 unspecified atom stereocenters. The fraction of sp³-hybridized carbons (Fsp3) is 0.462. The van der Waals surface area contributed by atoms with Crippen LogP contribution < -0.4 is 5.32 Å². The van der Waals surface area contributed by atoms with E-state index in [0.29, 0.717) is 19.5 Å². The lowest BCUT2D eigenvalue weighted by molar-refractivity contribution is -0.138. The summed E-state index contributed by atoms with van der Waals surface area (Å²) in [4.78, 5) is 31.0. The molecule has 1 atom stereocenters. The topological polar surface area (TPSA) is 66.7 Å². The Morgan fingerprint density at radius 2 is 2.50 bits per heavy atom. The van der Waals surface area contributed by atoms with Crippen LogP contribution in [-0.2, 0) is 16.0 Å². The molecule has 1 fully saturated rings. The molecule has 3 heterocycles. The van der Waals surface area contributed by atoms with Crippen LogP contribution in [0.4, 0.5) is 0 Å². The summed E-state index contributed by atoms with van der Waals surface area (Å²) in [5.41, 5.74) is 0.749. The summed E-state index contributed by atoms with van der Waals surface area (Å²) in [6, 6.07) is -0.323. The fourth-order valence-electron chi connectivity index (χ4n) is 2.57. The molecule has 2 amide bonds. The number of hydrogen-bond donors (Lipinski definition) is 1. The van der Waals surface area contributed by atoms with Crippen LogP contribution in [0.25, 0.3) is 4.96 Å². The SMILES string of the molecule is CCN(C(=O)Cc1cn2ccsc2n1)[C@H]1CCNC1=O. The zero-order chi connectivity index (χ0) is 14.1. The van der Waals surface area contributed by atoms with Crippen LogP contribution in [0, 0.1) is 0 Å². The van der Waals surface area contributed by atoms with Crippen molar-refractivity contribution >= 4 is 28.1 Å². The second-order valence-electron chi connectivity index (χ2n) is 4.78. The van der Waals surface area contributed by atoms with Crippen molar-refractivity contribution in [2.75, 3.05) is 13.1 Å². The maximum atomic E-state index is 12.4. The first-order valence-electron chi connectivity index (χ1n) is 6.67. The lowest BCUT2D eigenvalue weighted by Gasteiger charge is -2.25. The molecule has 0 aromatic carbocycles. The standard InChI is InChI=1S/C13H16N4O2S/c1-2-17(10-3-4-14-12(10)19)11(18)7-9-8-16-5-6-20-13(16)15-9/h5-6,8,10H,2-4,7H2,1H3,(H,14,19)/t10-/m0/s1. The summed E-state index contributed by atoms with van der Waals surface area (Å²) >= 11 is 1.54. The summed E-state index contributed by atoms with van der Waals surface area (Å²) in [5.74, 6) is -0.0914. The molecule has 1 aliphatic heterocycles. The van der Waals surface area contributed by atoms with Crippen LogP contribution in [0.15, 0.2) is 17.8 Å². The number of aromatic nitrogens is 2. The third kappa shape index (κ3) is 2.29. The van der Waals surface area contributed by atoms with E-state index in [0.717, 1.165) is 10.7 Å². The highest BCUT2D eigenvalue weighted by Gasteiger charge is 2.32. The van der Waals surface area contributed by atoms with Gasteiger partial charge in [0.1, 0.15) is 6.04 Å². The normalized spacial score (nSPS) is 18.4. The van der Waals surface area contributed by atoms with Crippen LogP contribution in [-0.4, -0.2) is 45.2 Å². The van der Waals surface area contributed by atoms with Crippen molar-refractivity contribution in [3.8, 4) is 0 Å². The lowest BCUT2D eigenvalue weighted by Crippen LogP contribution is -2.45. The van der Waals surface area contributed by atoms with Gasteiger partial charge in [0.25, 0.3) is 0 Å². The molecular weight excluding hydrogens is 276 g/mol. The predicted octanol–water partition coefficient (Wildman–Crippen LogP) is 0.675. The molecule has 1 saturated heterocycles. The first-order valence-corrected chi connectivity index (χ1v) is 7.55. The first kappa shape index (κ1) is 13.1. The summed E-state index contributed by atoms with van der Waals surface area (Å²) in [6.07, 6.45) is 4.72. The Bertz CT molecular complexity index is 619. The molecule has 1 aliphatic rings. The number of imidazole rings is 1. The van der Waals surface area contributed by atoms with E-state index in [1.807, 2.05) is 29.1 Å². The molecule has 7 heteroatoms. The predicted molar refractivity (Wildman–Crippen MR) is 75.6 cm³/mol. The van der Waals surface area contributed by atoms with E-state index >= 15 is 0 Å². The molecule has 2 aromatic heterocycles. The Hall–Kier alpha value is -1.89. The van der Waals surface area contributed by atoms with Crippen molar-refractivity contribution in [2.45, 2.75) is 25.8 Å². The molecule has 106 valence electrons. The average Bonchev–Trinajstić information content (AvgIpc) is 3.07. The molecule has 6 nitrogen and oxygen atoms in total. The van der Waals surface area contributed by atoms with Crippen molar-refractivity contribution in [3.05, 3.63) is 23.5 Å². The number of nitrogens with one attached hydrogen (secondary N) is 1. The smallest absolute Gasteiger partial charge is 0.242 e. The van der Waals surface area contributed by atoms with Gasteiger partial charge in [-0.05, 0) is 13.3 Å². The minimum absolute atomic E-state index is 0.0414. The molecule has 1 N–H and O–H groups in total. The third-order valence-electron chi connectivity index (χ3n) is 3.53. The van der Waals surface area contributed by atoms with Gasteiger partial charge in [-0.3, -0.25) is 14.0 Å². The van der Waals surface area contributed by atoms with Gasteiger partial charge < -0.3 is 10.2 Å². The average molecular weight is 292 g/mol. The van der Waals surface area contributed by atoms with Gasteiger partial charge in [-0.15, -0.1) is 11.3 Å². The van der Waals surface area contributed by atoms with Gasteiger partial charge in [0.15, 0.2) is 4.96 Å². The van der Waals surface area contributed by atoms with Crippen molar-refractivity contribution in [1.82, 2.24) is 19.6 Å². The molecule has 0 bridgehead atoms. The molecule has 2 aromatic rings. The van der Waals surface area contributed by atoms with Crippen LogP contribution >= 0.6 is 11.3 Å². The number of hydrogen-bond acceptors (Lipinski definition) is 4. The molecule has 0 spiro atoms. The second-order valence-corrected chi connectivity index (χ2v) is 5.65. The number of rotatable bonds is 4. The van der Waals surface area contributed by atoms with Gasteiger partial charge in [0.2, 0.25) is 11.8 Å². The number of fused-ring (bicyclic) bond motifs is 1. The molecule has 0 saturated carbocycles. The Balaban J connectivity index is 1.73. The van der Waals surface area contributed by atoms with Gasteiger partial charge in [0.05, 0.1) is 12.1 Å². The highest BCUT2D eigenvalue weighted by Crippen LogP contribution is 2.15. The lowest BCUT2D eigenvalue weighted by atomic mass is 10.2. The summed E-state index contributed by atoms with van der Waals surface area (Å²) in [7, 11) is 0. The van der Waals surface area contributed by atoms with Gasteiger partial charge in [0, 0.05) is 30.9 Å². The van der Waals surface area contributed by atoms with Crippen molar-refractivity contribution in [3.63, 3.8) is 0 Å². The van der Waals surface area contributed by atoms with Crippen LogP contribution in [0.3, 0.4) is 0 Å². The molecule has 20 heavy (non-hydrogen) atoms. The minimum atomic E-state index is -0.323. The number of carbonyl (C=O) groups excluding carboxylic acids is 2. The van der Waals surface area contributed by atoms with E-state index in [1.54, 1.807) is 4.90 Å². The number of thiazole rings is 1. The Morgan fingerprint density at radius 1 is 1.65 bits per heavy atom. The zero-order valence-corrected chi connectivity index (χ0v) is 12.0. The Labute approximate surface area is 120 Å². The highest BCUT2D eigenvalue weighted by molar-refractivity contribution is 7.15. The number of amides is 2. The number of nitrogens with zero attached hydrogens (tertiary/aromatic N) is 3. The fourth-order valence-corrected chi connectivity index (χ4v) is 3.29. The monoisotopic (exact) mass is 292 g/mol. The third-order valence-corrected chi connectivity index (χ3v) is 4.30. The van der Waals surface area contributed by atoms with Gasteiger partial charge in [-0.1, -0.05) is 0 Å². The van der Waals surface area contributed by atoms with Crippen LogP contribution in [0.1, 0.15) is 19.0 Å². The van der Waals surface area contributed by atoms with Crippen molar-refractivity contribution in [1.29, 1.82) is 0 Å². The van der Waals surface area contributed by atoms with Crippen LogP contribution in [0.2, 0.25) is 0 Å². The van der Waals surface area contributed by atoms with Gasteiger partial charge in [-0.25, -0.2) is 4.98 Å². The van der Waals surface area contributed by atoms with E-state index in [-0.39, 0.29) is 24.3 Å². The minimum Gasteiger partial charge on any atom is -0.354 e. The zero-order valence-electron chi connectivity index (χ0n) is 11.2. The summed E-state index contributed by atoms with van der Waals surface area (Å²) in [5, 5.41) is 4.72. The largest absolute Gasteiger partial charge is 0.354 e. The maximum absolute atomic E-state index is 12.4. The molecule has 0 radical (unpaired) electrons.